The summed E-state index contributed by atoms with van der Waals surface area (Å²) in [4.78, 5) is 19.2. The number of H-pyrrole nitrogens is 1. The molecule has 1 N–H and O–H groups in total. The Bertz CT molecular complexity index is 3620. The van der Waals surface area contributed by atoms with Gasteiger partial charge < -0.3 is 4.57 Å². The van der Waals surface area contributed by atoms with Crippen molar-refractivity contribution >= 4 is 32.8 Å². The summed E-state index contributed by atoms with van der Waals surface area (Å²) in [5.41, 5.74) is 17.7. The Labute approximate surface area is 369 Å². The van der Waals surface area contributed by atoms with E-state index in [4.69, 9.17) is 15.0 Å². The maximum absolute atomic E-state index is 5.14. The van der Waals surface area contributed by atoms with Crippen molar-refractivity contribution < 1.29 is 4.57 Å². The standard InChI is InChI=1S/C58H36N6/c1-4-13-37(14-5-1)39-23-27-41(28-24-39)55-60-56(42-29-25-40(26-30-42)38-15-6-2-7-16-38)62-57(61-55)43-31-33-45(34-32-43)63-50-22-12-20-47-46-19-10-11-21-49(46)64-54-48(35-36-51(63)53(54)52(47)50)59-58(64)44-17-8-3-9-18-44/h1-36H/p+1. The summed E-state index contributed by atoms with van der Waals surface area (Å²) in [7, 11) is 0. The third kappa shape index (κ3) is 5.73. The fraction of sp³-hybridized carbons (Fsp3) is 0. The van der Waals surface area contributed by atoms with E-state index in [1.54, 1.807) is 0 Å². The maximum atomic E-state index is 5.14. The minimum absolute atomic E-state index is 0.616. The Hall–Kier alpha value is -8.74. The summed E-state index contributed by atoms with van der Waals surface area (Å²) in [5, 5.41) is 2.47. The van der Waals surface area contributed by atoms with E-state index in [0.29, 0.717) is 17.5 Å². The maximum Gasteiger partial charge on any atom is 0.292 e. The Kier molecular flexibility index (Phi) is 8.11. The number of aromatic amines is 1. The molecule has 0 saturated carbocycles. The summed E-state index contributed by atoms with van der Waals surface area (Å²) in [6.45, 7) is 0. The van der Waals surface area contributed by atoms with Gasteiger partial charge in [-0.25, -0.2) is 19.9 Å². The van der Waals surface area contributed by atoms with Gasteiger partial charge in [-0.2, -0.15) is 4.57 Å². The minimum atomic E-state index is 0.616. The molecule has 0 unspecified atom stereocenters. The number of benzene rings is 9. The van der Waals surface area contributed by atoms with Gasteiger partial charge in [-0.1, -0.05) is 158 Å². The molecule has 1 aliphatic heterocycles. The first kappa shape index (κ1) is 36.0. The van der Waals surface area contributed by atoms with Crippen LogP contribution in [0.2, 0.25) is 0 Å². The zero-order valence-electron chi connectivity index (χ0n) is 34.5. The molecule has 4 heterocycles. The third-order valence-corrected chi connectivity index (χ3v) is 12.6. The molecule has 6 nitrogen and oxygen atoms in total. The lowest BCUT2D eigenvalue weighted by Crippen LogP contribution is -2.32. The van der Waals surface area contributed by atoms with E-state index in [1.807, 2.05) is 12.1 Å². The minimum Gasteiger partial charge on any atom is -0.309 e. The Morgan fingerprint density at radius 3 is 1.38 bits per heavy atom. The lowest BCUT2D eigenvalue weighted by atomic mass is 9.99. The van der Waals surface area contributed by atoms with E-state index in [0.717, 1.165) is 67.1 Å². The highest BCUT2D eigenvalue weighted by Gasteiger charge is 2.32. The van der Waals surface area contributed by atoms with Crippen LogP contribution in [0, 0.1) is 0 Å². The van der Waals surface area contributed by atoms with Crippen molar-refractivity contribution in [1.29, 1.82) is 0 Å². The van der Waals surface area contributed by atoms with Crippen LogP contribution in [0.15, 0.2) is 218 Å². The second kappa shape index (κ2) is 14.4. The summed E-state index contributed by atoms with van der Waals surface area (Å²) in [6.07, 6.45) is 0. The van der Waals surface area contributed by atoms with Crippen LogP contribution in [-0.4, -0.2) is 24.5 Å². The van der Waals surface area contributed by atoms with Gasteiger partial charge >= 0.3 is 0 Å². The van der Waals surface area contributed by atoms with Crippen molar-refractivity contribution in [2.45, 2.75) is 0 Å². The number of hydrogen-bond donors (Lipinski definition) is 1. The number of rotatable bonds is 7. The highest BCUT2D eigenvalue weighted by molar-refractivity contribution is 6.24. The van der Waals surface area contributed by atoms with Gasteiger partial charge in [0.25, 0.3) is 5.82 Å². The first-order valence-electron chi connectivity index (χ1n) is 21.6. The smallest absolute Gasteiger partial charge is 0.292 e. The molecule has 0 saturated heterocycles. The fourth-order valence-electron chi connectivity index (χ4n) is 9.61. The second-order valence-corrected chi connectivity index (χ2v) is 16.3. The van der Waals surface area contributed by atoms with Crippen LogP contribution < -0.4 is 4.57 Å². The third-order valence-electron chi connectivity index (χ3n) is 12.6. The van der Waals surface area contributed by atoms with E-state index in [2.05, 4.69) is 220 Å². The molecule has 12 aromatic rings. The van der Waals surface area contributed by atoms with Crippen LogP contribution in [0.5, 0.6) is 0 Å². The Morgan fingerprint density at radius 1 is 0.344 bits per heavy atom. The average molecular weight is 818 g/mol. The van der Waals surface area contributed by atoms with Crippen LogP contribution >= 0.6 is 0 Å². The van der Waals surface area contributed by atoms with Gasteiger partial charge in [0.05, 0.1) is 22.0 Å². The van der Waals surface area contributed by atoms with Gasteiger partial charge in [0, 0.05) is 33.3 Å². The van der Waals surface area contributed by atoms with Crippen LogP contribution in [0.1, 0.15) is 0 Å². The van der Waals surface area contributed by atoms with Gasteiger partial charge in [0.1, 0.15) is 5.69 Å². The summed E-state index contributed by atoms with van der Waals surface area (Å²) in [6, 6.07) is 77.0. The lowest BCUT2D eigenvalue weighted by Gasteiger charge is -2.12. The fourth-order valence-corrected chi connectivity index (χ4v) is 9.61. The van der Waals surface area contributed by atoms with Crippen molar-refractivity contribution in [2.75, 3.05) is 0 Å². The molecule has 3 aromatic heterocycles. The zero-order valence-corrected chi connectivity index (χ0v) is 34.5. The number of nitrogens with zero attached hydrogens (tertiary/aromatic N) is 5. The van der Waals surface area contributed by atoms with E-state index in [1.165, 1.54) is 38.5 Å². The van der Waals surface area contributed by atoms with E-state index >= 15 is 0 Å². The van der Waals surface area contributed by atoms with Crippen LogP contribution in [0.4, 0.5) is 0 Å². The quantitative estimate of drug-likeness (QED) is 0.163. The molecule has 0 aliphatic carbocycles. The molecule has 0 spiro atoms. The molecule has 13 rings (SSSR count). The number of fused-ring (bicyclic) bond motifs is 3. The van der Waals surface area contributed by atoms with E-state index in [9.17, 15) is 0 Å². The lowest BCUT2D eigenvalue weighted by molar-refractivity contribution is -0.553. The van der Waals surface area contributed by atoms with Crippen molar-refractivity contribution in [2.24, 2.45) is 0 Å². The highest BCUT2D eigenvalue weighted by Crippen LogP contribution is 2.45. The number of nitrogens with one attached hydrogen (secondary N) is 1. The second-order valence-electron chi connectivity index (χ2n) is 16.3. The predicted molar refractivity (Wildman–Crippen MR) is 259 cm³/mol. The summed E-state index contributed by atoms with van der Waals surface area (Å²) in [5.74, 6) is 2.92. The van der Waals surface area contributed by atoms with Gasteiger partial charge in [-0.3, -0.25) is 0 Å². The molecule has 0 bridgehead atoms. The molecule has 0 atom stereocenters. The topological polar surface area (TPSA) is 63.3 Å². The van der Waals surface area contributed by atoms with Crippen molar-refractivity contribution in [3.8, 4) is 90.3 Å². The molecule has 0 fully saturated rings. The van der Waals surface area contributed by atoms with Crippen molar-refractivity contribution in [3.05, 3.63) is 218 Å². The van der Waals surface area contributed by atoms with Crippen LogP contribution in [0.25, 0.3) is 123 Å². The molecular formula is C58H37N6+. The van der Waals surface area contributed by atoms with Crippen molar-refractivity contribution in [3.63, 3.8) is 0 Å². The number of hydrogen-bond acceptors (Lipinski definition) is 3. The van der Waals surface area contributed by atoms with Gasteiger partial charge in [-0.15, -0.1) is 0 Å². The van der Waals surface area contributed by atoms with E-state index < -0.39 is 0 Å². The van der Waals surface area contributed by atoms with Crippen molar-refractivity contribution in [1.82, 2.24) is 24.5 Å². The summed E-state index contributed by atoms with van der Waals surface area (Å²) >= 11 is 0. The normalized spacial score (nSPS) is 11.8. The summed E-state index contributed by atoms with van der Waals surface area (Å²) < 4.78 is 4.83. The average Bonchev–Trinajstić information content (AvgIpc) is 3.90. The Morgan fingerprint density at radius 2 is 0.797 bits per heavy atom. The van der Waals surface area contributed by atoms with Gasteiger partial charge in [-0.05, 0) is 88.5 Å². The molecule has 6 heteroatoms. The van der Waals surface area contributed by atoms with E-state index in [-0.39, 0.29) is 0 Å². The molecule has 9 aromatic carbocycles. The number of para-hydroxylation sites is 1. The molecule has 298 valence electrons. The highest BCUT2D eigenvalue weighted by atomic mass is 15.1. The zero-order chi connectivity index (χ0) is 42.1. The van der Waals surface area contributed by atoms with Crippen LogP contribution in [0.3, 0.4) is 0 Å². The Balaban J connectivity index is 0.955. The molecular weight excluding hydrogens is 781 g/mol. The first-order chi connectivity index (χ1) is 31.7. The molecule has 1 aliphatic rings. The molecule has 0 radical (unpaired) electrons. The predicted octanol–water partition coefficient (Wildman–Crippen LogP) is 13.7. The largest absolute Gasteiger partial charge is 0.309 e. The monoisotopic (exact) mass is 817 g/mol. The first-order valence-corrected chi connectivity index (χ1v) is 21.6. The number of imidazole rings is 1. The SMILES string of the molecule is c1ccc(-c2ccc(-c3nc(-c4ccc(-c5ccccc5)cc4)nc(-c4ccc(-n5c6cccc7c6c6c5ccc5[nH]c(-c8ccccc8)[n+](c56)-c5ccccc5-7)cc4)n3)cc2)cc1. The molecule has 0 amide bonds. The van der Waals surface area contributed by atoms with Gasteiger partial charge in [0.2, 0.25) is 0 Å². The molecule has 64 heavy (non-hydrogen) atoms. The van der Waals surface area contributed by atoms with Crippen LogP contribution in [-0.2, 0) is 0 Å². The van der Waals surface area contributed by atoms with Gasteiger partial charge in [0.15, 0.2) is 28.5 Å². The number of aromatic nitrogens is 6.